The van der Waals surface area contributed by atoms with Gasteiger partial charge in [-0.2, -0.15) is 9.59 Å². The number of fused-ring (bicyclic) bond motifs is 2. The van der Waals surface area contributed by atoms with Crippen molar-refractivity contribution in [2.45, 2.75) is 58.6 Å². The Hall–Kier alpha value is -12.4. The van der Waals surface area contributed by atoms with Crippen LogP contribution in [0.25, 0.3) is 33.3 Å². The molecule has 0 spiro atoms. The molecule has 0 saturated carbocycles. The molecule has 0 aliphatic carbocycles. The molecule has 6 N–H and O–H groups in total. The van der Waals surface area contributed by atoms with Crippen molar-refractivity contribution >= 4 is 134 Å². The number of benzene rings is 9. The number of Topliss-reactive ketones (excluding diaryl/α,β-unsaturated/α-hetero) is 2. The van der Waals surface area contributed by atoms with Crippen LogP contribution in [0.2, 0.25) is 20.1 Å². The number of hydrogen-bond acceptors (Lipinski definition) is 19. The van der Waals surface area contributed by atoms with Crippen LogP contribution in [0.4, 0.5) is 0 Å². The first-order chi connectivity index (χ1) is 57.1. The first kappa shape index (κ1) is 99.1. The predicted molar refractivity (Wildman–Crippen MR) is 451 cm³/mol. The molecule has 1 atom stereocenters. The number of para-hydroxylation sites is 1. The normalized spacial score (nSPS) is 10.9. The zero-order valence-electron chi connectivity index (χ0n) is 65.9. The van der Waals surface area contributed by atoms with Gasteiger partial charge in [0, 0.05) is 85.5 Å². The van der Waals surface area contributed by atoms with E-state index in [1.807, 2.05) is 123 Å². The second-order valence-corrected chi connectivity index (χ2v) is 28.9. The number of carbonyl (C=O) groups is 10. The summed E-state index contributed by atoms with van der Waals surface area (Å²) < 4.78 is 15.5. The summed E-state index contributed by atoms with van der Waals surface area (Å²) in [5.41, 5.74) is 7.94. The van der Waals surface area contributed by atoms with E-state index in [0.29, 0.717) is 54.0 Å². The summed E-state index contributed by atoms with van der Waals surface area (Å²) in [6.45, 7) is 12.8. The van der Waals surface area contributed by atoms with Crippen LogP contribution in [0, 0.1) is 19.3 Å². The van der Waals surface area contributed by atoms with E-state index in [0.717, 1.165) is 55.1 Å². The van der Waals surface area contributed by atoms with Crippen molar-refractivity contribution in [3.8, 4) is 28.1 Å². The zero-order chi connectivity index (χ0) is 88.3. The van der Waals surface area contributed by atoms with Crippen LogP contribution >= 0.6 is 58.2 Å². The number of aryl methyl sites for hydroxylation is 2. The largest absolute Gasteiger partial charge is 1.00 e. The standard InChI is InChI=1S/C21H20Cl2O5.C15H12Cl2O2.C13H10O2.C12H11NO5.C10H9NO.C9H9NO2S.C9H7NO2.CO2.Na/c1-21(2,3)19(25)18(28-15-8-5-12(6-9-15)20(26)27)17(24)10-13-4-7-14(22)11-16(13)23;1-9-6-7-13(16)12(14(9)17)8-10-4-2-3-5-11(10)15(18)19;14-13(15)12-9-5-4-8-11(12)10-6-2-1-3-7-10;1-18-5-4-13-10(14)8-3-2-7(12(16)17)6-9(8)11(13)15;1-8-7-10(11-12-8)9-5-3-2-4-6-9;1-2-6-13-8-7(9(11)12)4-3-5-10-8;11-9(12)8-5-6-3-1-2-4-7(6)10-8;2-1-3;/h4-9,11,18H,10H2,1-3H3,(H,26,27);2-7H,8H2,1H3,(H,18,19);1-9H,(H,14,15);2-3,6H,4-5H2,1H3,(H,16,17);2-7H,1H3;2-5H,1,6H2,(H,11,12);1-5,10H,(H,11,12);;/q;;;;;;;;+1/p-1. The average molecular weight is 1750 g/mol. The molecule has 9 aromatic carbocycles. The van der Waals surface area contributed by atoms with E-state index in [1.165, 1.54) is 73.5 Å². The van der Waals surface area contributed by atoms with Crippen LogP contribution in [-0.2, 0) is 36.8 Å². The summed E-state index contributed by atoms with van der Waals surface area (Å²) in [7, 11) is 1.47. The fourth-order valence-electron chi connectivity index (χ4n) is 10.8. The summed E-state index contributed by atoms with van der Waals surface area (Å²) in [5, 5.41) is 62.6. The number of pyridine rings is 1. The van der Waals surface area contributed by atoms with Crippen LogP contribution in [0.5, 0.6) is 5.75 Å². The minimum atomic E-state index is -1.34. The SMILES string of the molecule is C=CCSc1ncccc1C(=O)O.CC(C)(C)C(=O)C(Oc1ccc(C(=O)O)cc1)C(=O)Cc1ccc(Cl)cc1Cl.COCCN1C(=O)c2ccc(C(=O)O)cc2C1=O.Cc1cc(-c2ccccc2)no1.Cc1ccc(Cl)c(Cc2ccccc2C(=O)[O-])c1Cl.O=C(O)c1cc2ccccc2[nH]1.O=C(O)c1ccccc1-c1ccccc1.O=C=O.[Na+]. The molecule has 0 bridgehead atoms. The van der Waals surface area contributed by atoms with E-state index in [2.05, 4.69) is 21.7 Å². The number of aromatic amines is 1. The second-order valence-electron chi connectivity index (χ2n) is 26.2. The molecule has 3 aromatic heterocycles. The van der Waals surface area contributed by atoms with Gasteiger partial charge in [-0.3, -0.25) is 24.1 Å². The van der Waals surface area contributed by atoms with E-state index in [-0.39, 0.29) is 106 Å². The maximum atomic E-state index is 12.9. The Morgan fingerprint density at radius 2 is 1.18 bits per heavy atom. The van der Waals surface area contributed by atoms with Gasteiger partial charge < -0.3 is 54.4 Å². The number of rotatable bonds is 22. The van der Waals surface area contributed by atoms with E-state index in [9.17, 15) is 53.1 Å². The Labute approximate surface area is 740 Å². The number of methoxy groups -OCH3 is 1. The van der Waals surface area contributed by atoms with Gasteiger partial charge in [0.05, 0.1) is 52.5 Å². The minimum Gasteiger partial charge on any atom is -0.545 e. The first-order valence-electron chi connectivity index (χ1n) is 35.7. The van der Waals surface area contributed by atoms with Crippen LogP contribution in [-0.4, -0.2) is 143 Å². The zero-order valence-corrected chi connectivity index (χ0v) is 71.8. The number of carboxylic acid groups (broad SMARTS) is 6. The molecule has 618 valence electrons. The van der Waals surface area contributed by atoms with Crippen molar-refractivity contribution in [3.63, 3.8) is 0 Å². The number of imide groups is 1. The monoisotopic (exact) mass is 1740 g/mol. The van der Waals surface area contributed by atoms with Gasteiger partial charge in [-0.1, -0.05) is 212 Å². The van der Waals surface area contributed by atoms with Crippen LogP contribution < -0.4 is 39.4 Å². The molecule has 0 saturated heterocycles. The Morgan fingerprint density at radius 1 is 0.612 bits per heavy atom. The summed E-state index contributed by atoms with van der Waals surface area (Å²) in [6.07, 6.45) is 2.46. The first-order valence-corrected chi connectivity index (χ1v) is 38.2. The van der Waals surface area contributed by atoms with Gasteiger partial charge in [0.1, 0.15) is 27.9 Å². The number of aromatic carboxylic acids is 6. The molecular formula is C90H77Cl4N4NaO21S. The number of aromatic nitrogens is 3. The third-order valence-electron chi connectivity index (χ3n) is 16.8. The molecule has 0 fully saturated rings. The Bertz CT molecular complexity index is 5650. The van der Waals surface area contributed by atoms with Gasteiger partial charge in [0.15, 0.2) is 11.6 Å². The number of amides is 2. The second kappa shape index (κ2) is 49.2. The van der Waals surface area contributed by atoms with Crippen LogP contribution in [0.1, 0.15) is 132 Å². The number of ketones is 2. The van der Waals surface area contributed by atoms with Crippen molar-refractivity contribution in [1.82, 2.24) is 20.0 Å². The van der Waals surface area contributed by atoms with Crippen LogP contribution in [0.15, 0.2) is 259 Å². The molecule has 0 radical (unpaired) electrons. The van der Waals surface area contributed by atoms with Crippen molar-refractivity contribution in [3.05, 3.63) is 342 Å². The van der Waals surface area contributed by atoms with E-state index in [4.69, 9.17) is 95.5 Å². The number of hydrogen-bond donors (Lipinski definition) is 6. The predicted octanol–water partition coefficient (Wildman–Crippen LogP) is 14.8. The summed E-state index contributed by atoms with van der Waals surface area (Å²) in [6, 6.07) is 65.1. The maximum absolute atomic E-state index is 12.9. The fraction of sp³-hybridized carbons (Fsp3) is 0.144. The molecule has 12 aromatic rings. The number of ether oxygens (including phenoxy) is 2. The summed E-state index contributed by atoms with van der Waals surface area (Å²) in [4.78, 5) is 139. The van der Waals surface area contributed by atoms with Crippen molar-refractivity contribution in [1.29, 1.82) is 0 Å². The van der Waals surface area contributed by atoms with Crippen molar-refractivity contribution < 1.29 is 132 Å². The number of nitrogens with one attached hydrogen (secondary N) is 1. The molecule has 121 heavy (non-hydrogen) atoms. The van der Waals surface area contributed by atoms with Gasteiger partial charge in [-0.05, 0) is 138 Å². The number of thioether (sulfide) groups is 1. The number of H-pyrrole nitrogens is 1. The summed E-state index contributed by atoms with van der Waals surface area (Å²) >= 11 is 25.7. The minimum absolute atomic E-state index is 0. The van der Waals surface area contributed by atoms with Gasteiger partial charge in [0.2, 0.25) is 6.10 Å². The molecule has 4 heterocycles. The molecule has 1 aliphatic heterocycles. The molecule has 2 amide bonds. The third kappa shape index (κ3) is 30.1. The molecule has 1 aliphatic rings. The van der Waals surface area contributed by atoms with Gasteiger partial charge in [0.25, 0.3) is 11.8 Å². The molecule has 13 rings (SSSR count). The Kier molecular flexibility index (Phi) is 40.3. The fourth-order valence-corrected chi connectivity index (χ4v) is 12.5. The smallest absolute Gasteiger partial charge is 0.545 e. The van der Waals surface area contributed by atoms with Gasteiger partial charge in [-0.15, -0.1) is 18.3 Å². The van der Waals surface area contributed by atoms with Crippen LogP contribution in [0.3, 0.4) is 0 Å². The molecule has 31 heteroatoms. The number of halogens is 4. The summed E-state index contributed by atoms with van der Waals surface area (Å²) in [5.74, 6) is -6.17. The maximum Gasteiger partial charge on any atom is 1.00 e. The average Bonchev–Trinajstić information content (AvgIpc) is 1.63. The molecular weight excluding hydrogens is 1670 g/mol. The topological polar surface area (TPSA) is 405 Å². The number of nitrogens with zero attached hydrogens (tertiary/aromatic N) is 3. The quantitative estimate of drug-likeness (QED) is 0.0121. The number of carbonyl (C=O) groups excluding carboxylic acids is 7. The molecule has 25 nitrogen and oxygen atoms in total. The number of carboxylic acids is 6. The van der Waals surface area contributed by atoms with Crippen molar-refractivity contribution in [2.24, 2.45) is 5.41 Å². The molecule has 1 unspecified atom stereocenters. The Morgan fingerprint density at radius 3 is 1.74 bits per heavy atom. The van der Waals surface area contributed by atoms with E-state index >= 15 is 0 Å². The van der Waals surface area contributed by atoms with E-state index < -0.39 is 64.9 Å². The Balaban J connectivity index is 0.000000254. The van der Waals surface area contributed by atoms with Gasteiger partial charge in [-0.25, -0.2) is 29.0 Å². The van der Waals surface area contributed by atoms with Gasteiger partial charge >= 0.3 is 65.6 Å². The third-order valence-corrected chi connectivity index (χ3v) is 19.2. The van der Waals surface area contributed by atoms with E-state index in [1.54, 1.807) is 99.8 Å². The van der Waals surface area contributed by atoms with Crippen molar-refractivity contribution in [2.75, 3.05) is 26.0 Å².